The van der Waals surface area contributed by atoms with Crippen LogP contribution in [0.3, 0.4) is 0 Å². The first kappa shape index (κ1) is 54.4. The van der Waals surface area contributed by atoms with Crippen molar-refractivity contribution in [3.8, 4) is 0 Å². The summed E-state index contributed by atoms with van der Waals surface area (Å²) in [6.45, 7) is 12.6. The van der Waals surface area contributed by atoms with Gasteiger partial charge in [-0.2, -0.15) is 0 Å². The summed E-state index contributed by atoms with van der Waals surface area (Å²) in [5.41, 5.74) is 0. The lowest BCUT2D eigenvalue weighted by Crippen LogP contribution is -2.31. The van der Waals surface area contributed by atoms with Gasteiger partial charge < -0.3 is 14.2 Å². The summed E-state index contributed by atoms with van der Waals surface area (Å²) in [4.78, 5) is 40.1. The number of nitrogens with zero attached hydrogens (tertiary/aromatic N) is 1. The van der Waals surface area contributed by atoms with Crippen LogP contribution in [0, 0.1) is 11.8 Å². The van der Waals surface area contributed by atoms with E-state index in [1.165, 1.54) is 141 Å². The standard InChI is InChI=1S/C51H97NO6/c1-5-9-23-33-46(34-24-10-6-2)43-49(53)56-41-31-21-17-13-15-19-27-37-48(58-51(55)45-52-39-29-30-40-52)38-28-20-16-14-18-22-32-42-57-50(54)44-47(35-25-11-7-3)36-26-12-8-4/h46-48H,5-45H2,1-4H3. The van der Waals surface area contributed by atoms with Crippen LogP contribution in [0.2, 0.25) is 0 Å². The van der Waals surface area contributed by atoms with Crippen LogP contribution < -0.4 is 0 Å². The van der Waals surface area contributed by atoms with E-state index in [1.54, 1.807) is 0 Å². The number of esters is 3. The van der Waals surface area contributed by atoms with Crippen molar-refractivity contribution in [2.45, 2.75) is 265 Å². The van der Waals surface area contributed by atoms with Gasteiger partial charge in [-0.05, 0) is 102 Å². The predicted octanol–water partition coefficient (Wildman–Crippen LogP) is 14.7. The highest BCUT2D eigenvalue weighted by Gasteiger charge is 2.20. The van der Waals surface area contributed by atoms with Gasteiger partial charge in [0.1, 0.15) is 6.10 Å². The molecule has 1 rings (SSSR count). The van der Waals surface area contributed by atoms with Crippen LogP contribution in [0.1, 0.15) is 259 Å². The molecule has 1 aliphatic heterocycles. The minimum absolute atomic E-state index is 0.00862. The molecule has 342 valence electrons. The summed E-state index contributed by atoms with van der Waals surface area (Å²) in [7, 11) is 0. The van der Waals surface area contributed by atoms with Crippen molar-refractivity contribution in [1.82, 2.24) is 4.90 Å². The average molecular weight is 820 g/mol. The van der Waals surface area contributed by atoms with E-state index in [4.69, 9.17) is 14.2 Å². The van der Waals surface area contributed by atoms with E-state index in [0.29, 0.717) is 44.4 Å². The molecule has 1 saturated heterocycles. The molecule has 1 aliphatic rings. The van der Waals surface area contributed by atoms with Crippen LogP contribution in [-0.4, -0.2) is 61.8 Å². The first-order valence-electron chi connectivity index (χ1n) is 25.6. The van der Waals surface area contributed by atoms with Crippen molar-refractivity contribution in [3.63, 3.8) is 0 Å². The molecule has 0 aromatic carbocycles. The SMILES string of the molecule is CCCCCC(CCCCC)CC(=O)OCCCCCCCCCC(CCCCCCCCCOC(=O)CC(CCCCC)CCCCC)OC(=O)CN1CCCC1. The van der Waals surface area contributed by atoms with Crippen molar-refractivity contribution in [2.75, 3.05) is 32.8 Å². The Morgan fingerprint density at radius 3 is 1.10 bits per heavy atom. The quantitative estimate of drug-likeness (QED) is 0.0344. The third-order valence-electron chi connectivity index (χ3n) is 12.5. The number of hydrogen-bond donors (Lipinski definition) is 0. The molecule has 0 unspecified atom stereocenters. The molecule has 7 nitrogen and oxygen atoms in total. The summed E-state index contributed by atoms with van der Waals surface area (Å²) < 4.78 is 17.4. The lowest BCUT2D eigenvalue weighted by Gasteiger charge is -2.20. The fourth-order valence-electron chi connectivity index (χ4n) is 8.71. The summed E-state index contributed by atoms with van der Waals surface area (Å²) in [5, 5.41) is 0. The van der Waals surface area contributed by atoms with E-state index in [1.807, 2.05) is 0 Å². The molecule has 7 heteroatoms. The van der Waals surface area contributed by atoms with Crippen LogP contribution in [0.5, 0.6) is 0 Å². The van der Waals surface area contributed by atoms with Gasteiger partial charge in [-0.3, -0.25) is 19.3 Å². The highest BCUT2D eigenvalue weighted by Crippen LogP contribution is 2.24. The minimum Gasteiger partial charge on any atom is -0.466 e. The third-order valence-corrected chi connectivity index (χ3v) is 12.5. The highest BCUT2D eigenvalue weighted by molar-refractivity contribution is 5.72. The fourth-order valence-corrected chi connectivity index (χ4v) is 8.71. The number of carbonyl (C=O) groups is 3. The Labute approximate surface area is 360 Å². The van der Waals surface area contributed by atoms with Gasteiger partial charge in [0.15, 0.2) is 0 Å². The number of likely N-dealkylation sites (tertiary alicyclic amines) is 1. The van der Waals surface area contributed by atoms with Gasteiger partial charge in [-0.15, -0.1) is 0 Å². The number of rotatable bonds is 43. The largest absolute Gasteiger partial charge is 0.466 e. The Hall–Kier alpha value is -1.63. The van der Waals surface area contributed by atoms with E-state index >= 15 is 0 Å². The zero-order valence-corrected chi connectivity index (χ0v) is 39.1. The molecule has 1 fully saturated rings. The topological polar surface area (TPSA) is 82.1 Å². The molecule has 0 aromatic heterocycles. The average Bonchev–Trinajstić information content (AvgIpc) is 3.72. The van der Waals surface area contributed by atoms with E-state index in [-0.39, 0.29) is 24.0 Å². The molecule has 0 bridgehead atoms. The van der Waals surface area contributed by atoms with Crippen molar-refractivity contribution in [1.29, 1.82) is 0 Å². The fraction of sp³-hybridized carbons (Fsp3) is 0.941. The second kappa shape index (κ2) is 40.8. The first-order chi connectivity index (χ1) is 28.4. The zero-order valence-electron chi connectivity index (χ0n) is 39.1. The Kier molecular flexibility index (Phi) is 38.2. The number of carbonyl (C=O) groups excluding carboxylic acids is 3. The monoisotopic (exact) mass is 820 g/mol. The molecule has 0 spiro atoms. The summed E-state index contributed by atoms with van der Waals surface area (Å²) in [5.74, 6) is 0.964. The van der Waals surface area contributed by atoms with Crippen molar-refractivity contribution in [3.05, 3.63) is 0 Å². The van der Waals surface area contributed by atoms with Crippen LogP contribution in [0.4, 0.5) is 0 Å². The van der Waals surface area contributed by atoms with Gasteiger partial charge in [0.2, 0.25) is 0 Å². The van der Waals surface area contributed by atoms with Gasteiger partial charge in [0, 0.05) is 12.8 Å². The maximum absolute atomic E-state index is 12.8. The molecule has 0 aromatic rings. The van der Waals surface area contributed by atoms with E-state index in [9.17, 15) is 14.4 Å². The normalized spacial score (nSPS) is 13.3. The maximum Gasteiger partial charge on any atom is 0.320 e. The van der Waals surface area contributed by atoms with E-state index in [2.05, 4.69) is 32.6 Å². The summed E-state index contributed by atoms with van der Waals surface area (Å²) in [6.07, 6.45) is 41.0. The van der Waals surface area contributed by atoms with Gasteiger partial charge in [-0.25, -0.2) is 0 Å². The summed E-state index contributed by atoms with van der Waals surface area (Å²) >= 11 is 0. The minimum atomic E-state index is -0.0414. The molecule has 0 saturated carbocycles. The van der Waals surface area contributed by atoms with Crippen LogP contribution in [0.15, 0.2) is 0 Å². The smallest absolute Gasteiger partial charge is 0.320 e. The number of unbranched alkanes of at least 4 members (excludes halogenated alkanes) is 20. The molecule has 58 heavy (non-hydrogen) atoms. The van der Waals surface area contributed by atoms with E-state index in [0.717, 1.165) is 90.1 Å². The van der Waals surface area contributed by atoms with Gasteiger partial charge >= 0.3 is 17.9 Å². The van der Waals surface area contributed by atoms with Gasteiger partial charge in [0.05, 0.1) is 19.8 Å². The molecule has 1 heterocycles. The number of ether oxygens (including phenoxy) is 3. The Morgan fingerprint density at radius 1 is 0.414 bits per heavy atom. The second-order valence-corrected chi connectivity index (χ2v) is 18.2. The lowest BCUT2D eigenvalue weighted by atomic mass is 9.92. The Bertz CT molecular complexity index is 858. The van der Waals surface area contributed by atoms with Crippen molar-refractivity contribution in [2.24, 2.45) is 11.8 Å². The van der Waals surface area contributed by atoms with Crippen LogP contribution in [0.25, 0.3) is 0 Å². The highest BCUT2D eigenvalue weighted by atomic mass is 16.5. The molecule has 0 atom stereocenters. The van der Waals surface area contributed by atoms with Crippen molar-refractivity contribution >= 4 is 17.9 Å². The summed E-state index contributed by atoms with van der Waals surface area (Å²) in [6, 6.07) is 0. The maximum atomic E-state index is 12.8. The molecular formula is C51H97NO6. The zero-order chi connectivity index (χ0) is 42.2. The lowest BCUT2D eigenvalue weighted by molar-refractivity contribution is -0.151. The van der Waals surface area contributed by atoms with Crippen LogP contribution >= 0.6 is 0 Å². The Morgan fingerprint density at radius 2 is 0.741 bits per heavy atom. The van der Waals surface area contributed by atoms with Crippen LogP contribution in [-0.2, 0) is 28.6 Å². The molecule has 0 N–H and O–H groups in total. The van der Waals surface area contributed by atoms with Gasteiger partial charge in [0.25, 0.3) is 0 Å². The van der Waals surface area contributed by atoms with Crippen molar-refractivity contribution < 1.29 is 28.6 Å². The number of hydrogen-bond acceptors (Lipinski definition) is 7. The second-order valence-electron chi connectivity index (χ2n) is 18.2. The molecule has 0 aliphatic carbocycles. The molecular weight excluding hydrogens is 723 g/mol. The Balaban J connectivity index is 2.21. The van der Waals surface area contributed by atoms with E-state index < -0.39 is 0 Å². The third kappa shape index (κ3) is 34.1. The predicted molar refractivity (Wildman–Crippen MR) is 244 cm³/mol. The van der Waals surface area contributed by atoms with Gasteiger partial charge in [-0.1, -0.05) is 169 Å². The molecule has 0 amide bonds. The molecule has 0 radical (unpaired) electrons. The first-order valence-corrected chi connectivity index (χ1v) is 25.6.